The molecular weight excluding hydrogens is 234 g/mol. The van der Waals surface area contributed by atoms with E-state index in [1.165, 1.54) is 0 Å². The lowest BCUT2D eigenvalue weighted by molar-refractivity contribution is 0.687. The van der Waals surface area contributed by atoms with E-state index in [0.717, 1.165) is 16.8 Å². The van der Waals surface area contributed by atoms with Crippen LogP contribution in [0.15, 0.2) is 36.8 Å². The van der Waals surface area contributed by atoms with Crippen molar-refractivity contribution in [1.82, 2.24) is 15.3 Å². The molecule has 3 nitrogen and oxygen atoms in total. The lowest BCUT2D eigenvalue weighted by Crippen LogP contribution is -2.18. The lowest BCUT2D eigenvalue weighted by atomic mass is 10.0. The van der Waals surface area contributed by atoms with E-state index in [2.05, 4.69) is 21.4 Å². The van der Waals surface area contributed by atoms with Crippen LogP contribution in [0.3, 0.4) is 0 Å². The number of hydrogen-bond donors (Lipinski definition) is 1. The summed E-state index contributed by atoms with van der Waals surface area (Å²) in [6.07, 6.45) is 5.27. The van der Waals surface area contributed by atoms with E-state index in [0.29, 0.717) is 5.02 Å². The largest absolute Gasteiger partial charge is 0.309 e. The van der Waals surface area contributed by atoms with Crippen molar-refractivity contribution in [1.29, 1.82) is 0 Å². The summed E-state index contributed by atoms with van der Waals surface area (Å²) in [4.78, 5) is 8.30. The van der Waals surface area contributed by atoms with Gasteiger partial charge in [-0.05, 0) is 37.2 Å². The average Bonchev–Trinajstić information content (AvgIpc) is 2.35. The van der Waals surface area contributed by atoms with Crippen LogP contribution in [0.5, 0.6) is 0 Å². The van der Waals surface area contributed by atoms with Crippen molar-refractivity contribution < 1.29 is 0 Å². The minimum absolute atomic E-state index is 0.0404. The standard InChI is InChI=1S/C13H14ClN3/c1-9-3-4-10(7-17-9)13(15-2)11-5-6-16-8-12(11)14/h3-8,13,15H,1-2H3. The summed E-state index contributed by atoms with van der Waals surface area (Å²) in [6.45, 7) is 1.97. The van der Waals surface area contributed by atoms with Crippen molar-refractivity contribution in [2.75, 3.05) is 7.05 Å². The number of aryl methyl sites for hydroxylation is 1. The molecule has 0 radical (unpaired) electrons. The monoisotopic (exact) mass is 247 g/mol. The van der Waals surface area contributed by atoms with Crippen LogP contribution in [0.4, 0.5) is 0 Å². The lowest BCUT2D eigenvalue weighted by Gasteiger charge is -2.17. The SMILES string of the molecule is CNC(c1ccc(C)nc1)c1ccncc1Cl. The Morgan fingerprint density at radius 3 is 2.65 bits per heavy atom. The molecule has 17 heavy (non-hydrogen) atoms. The van der Waals surface area contributed by atoms with Crippen LogP contribution >= 0.6 is 11.6 Å². The molecule has 4 heteroatoms. The molecule has 0 aliphatic carbocycles. The minimum Gasteiger partial charge on any atom is -0.309 e. The van der Waals surface area contributed by atoms with Gasteiger partial charge in [0.25, 0.3) is 0 Å². The van der Waals surface area contributed by atoms with Crippen LogP contribution in [0.2, 0.25) is 5.02 Å². The molecule has 0 bridgehead atoms. The quantitative estimate of drug-likeness (QED) is 0.906. The molecule has 0 fully saturated rings. The summed E-state index contributed by atoms with van der Waals surface area (Å²) in [6, 6.07) is 6.01. The van der Waals surface area contributed by atoms with Crippen molar-refractivity contribution in [3.05, 3.63) is 58.6 Å². The molecule has 0 spiro atoms. The van der Waals surface area contributed by atoms with Crippen molar-refractivity contribution in [3.63, 3.8) is 0 Å². The Labute approximate surface area is 106 Å². The molecule has 0 amide bonds. The number of aromatic nitrogens is 2. The van der Waals surface area contributed by atoms with Crippen LogP contribution in [0.25, 0.3) is 0 Å². The van der Waals surface area contributed by atoms with Crippen molar-refractivity contribution >= 4 is 11.6 Å². The third-order valence-corrected chi connectivity index (χ3v) is 2.99. The number of nitrogens with zero attached hydrogens (tertiary/aromatic N) is 2. The Bertz CT molecular complexity index is 496. The van der Waals surface area contributed by atoms with E-state index in [-0.39, 0.29) is 6.04 Å². The highest BCUT2D eigenvalue weighted by atomic mass is 35.5. The predicted octanol–water partition coefficient (Wildman–Crippen LogP) is 2.75. The third kappa shape index (κ3) is 2.62. The molecular formula is C13H14ClN3. The van der Waals surface area contributed by atoms with Gasteiger partial charge >= 0.3 is 0 Å². The summed E-state index contributed by atoms with van der Waals surface area (Å²) in [7, 11) is 1.90. The Morgan fingerprint density at radius 1 is 1.24 bits per heavy atom. The first-order valence-corrected chi connectivity index (χ1v) is 5.79. The smallest absolute Gasteiger partial charge is 0.0640 e. The first kappa shape index (κ1) is 12.0. The Balaban J connectivity index is 2.40. The average molecular weight is 248 g/mol. The zero-order valence-corrected chi connectivity index (χ0v) is 10.6. The Morgan fingerprint density at radius 2 is 2.06 bits per heavy atom. The maximum atomic E-state index is 6.16. The summed E-state index contributed by atoms with van der Waals surface area (Å²) >= 11 is 6.16. The van der Waals surface area contributed by atoms with Gasteiger partial charge in [0.15, 0.2) is 0 Å². The van der Waals surface area contributed by atoms with Gasteiger partial charge in [-0.25, -0.2) is 0 Å². The summed E-state index contributed by atoms with van der Waals surface area (Å²) in [5, 5.41) is 3.90. The summed E-state index contributed by atoms with van der Waals surface area (Å²) in [5.74, 6) is 0. The molecule has 0 aliphatic heterocycles. The van der Waals surface area contributed by atoms with Crippen LogP contribution in [-0.2, 0) is 0 Å². The fraction of sp³-hybridized carbons (Fsp3) is 0.231. The van der Waals surface area contributed by atoms with Crippen LogP contribution in [-0.4, -0.2) is 17.0 Å². The van der Waals surface area contributed by atoms with Crippen molar-refractivity contribution in [3.8, 4) is 0 Å². The molecule has 1 atom stereocenters. The predicted molar refractivity (Wildman–Crippen MR) is 69.1 cm³/mol. The zero-order valence-electron chi connectivity index (χ0n) is 9.81. The Kier molecular flexibility index (Phi) is 3.71. The van der Waals surface area contributed by atoms with Gasteiger partial charge in [-0.15, -0.1) is 0 Å². The van der Waals surface area contributed by atoms with Gasteiger partial charge in [-0.2, -0.15) is 0 Å². The third-order valence-electron chi connectivity index (χ3n) is 2.67. The second kappa shape index (κ2) is 5.25. The van der Waals surface area contributed by atoms with Crippen LogP contribution < -0.4 is 5.32 Å². The van der Waals surface area contributed by atoms with Crippen molar-refractivity contribution in [2.45, 2.75) is 13.0 Å². The van der Waals surface area contributed by atoms with Crippen LogP contribution in [0, 0.1) is 6.92 Å². The van der Waals surface area contributed by atoms with Gasteiger partial charge in [0, 0.05) is 24.3 Å². The molecule has 88 valence electrons. The van der Waals surface area contributed by atoms with Gasteiger partial charge in [0.2, 0.25) is 0 Å². The maximum Gasteiger partial charge on any atom is 0.0640 e. The van der Waals surface area contributed by atoms with E-state index < -0.39 is 0 Å². The van der Waals surface area contributed by atoms with Crippen LogP contribution in [0.1, 0.15) is 22.9 Å². The van der Waals surface area contributed by atoms with E-state index in [4.69, 9.17) is 11.6 Å². The Hall–Kier alpha value is -1.45. The highest BCUT2D eigenvalue weighted by molar-refractivity contribution is 6.31. The van der Waals surface area contributed by atoms with Crippen molar-refractivity contribution in [2.24, 2.45) is 0 Å². The second-order valence-electron chi connectivity index (χ2n) is 3.85. The molecule has 0 aliphatic rings. The molecule has 0 saturated heterocycles. The van der Waals surface area contributed by atoms with Gasteiger partial charge in [0.1, 0.15) is 0 Å². The van der Waals surface area contributed by atoms with E-state index in [9.17, 15) is 0 Å². The minimum atomic E-state index is 0.0404. The molecule has 2 rings (SSSR count). The topological polar surface area (TPSA) is 37.8 Å². The highest BCUT2D eigenvalue weighted by Crippen LogP contribution is 2.26. The van der Waals surface area contributed by atoms with Gasteiger partial charge in [-0.1, -0.05) is 17.7 Å². The maximum absolute atomic E-state index is 6.16. The first-order chi connectivity index (χ1) is 8.22. The number of pyridine rings is 2. The highest BCUT2D eigenvalue weighted by Gasteiger charge is 2.14. The molecule has 0 aromatic carbocycles. The first-order valence-electron chi connectivity index (χ1n) is 5.41. The summed E-state index contributed by atoms with van der Waals surface area (Å²) in [5.41, 5.74) is 3.10. The second-order valence-corrected chi connectivity index (χ2v) is 4.26. The molecule has 1 N–H and O–H groups in total. The fourth-order valence-electron chi connectivity index (χ4n) is 1.77. The van der Waals surface area contributed by atoms with Gasteiger partial charge < -0.3 is 5.32 Å². The summed E-state index contributed by atoms with van der Waals surface area (Å²) < 4.78 is 0. The zero-order chi connectivity index (χ0) is 12.3. The number of nitrogens with one attached hydrogen (secondary N) is 1. The fourth-order valence-corrected chi connectivity index (χ4v) is 2.00. The number of rotatable bonds is 3. The number of hydrogen-bond acceptors (Lipinski definition) is 3. The molecule has 0 saturated carbocycles. The number of halogens is 1. The molecule has 2 heterocycles. The van der Waals surface area contributed by atoms with Gasteiger partial charge in [-0.3, -0.25) is 9.97 Å². The molecule has 1 unspecified atom stereocenters. The van der Waals surface area contributed by atoms with E-state index >= 15 is 0 Å². The molecule has 2 aromatic heterocycles. The molecule has 2 aromatic rings. The van der Waals surface area contributed by atoms with E-state index in [1.807, 2.05) is 32.3 Å². The van der Waals surface area contributed by atoms with E-state index in [1.54, 1.807) is 12.4 Å². The van der Waals surface area contributed by atoms with Gasteiger partial charge in [0.05, 0.1) is 11.1 Å². The normalized spacial score (nSPS) is 12.4.